The molecule has 0 saturated carbocycles. The number of thiazole rings is 1. The summed E-state index contributed by atoms with van der Waals surface area (Å²) in [5.41, 5.74) is 3.40. The molecule has 2 aromatic heterocycles. The van der Waals surface area contributed by atoms with Crippen LogP contribution in [0.3, 0.4) is 0 Å². The third kappa shape index (κ3) is 3.16. The molecule has 2 N–H and O–H groups in total. The quantitative estimate of drug-likeness (QED) is 0.502. The number of hydrogen-bond acceptors (Lipinski definition) is 3. The Morgan fingerprint density at radius 3 is 2.76 bits per heavy atom. The maximum absolute atomic E-state index is 12.6. The zero-order valence-electron chi connectivity index (χ0n) is 13.3. The lowest BCUT2D eigenvalue weighted by Gasteiger charge is -2.04. The van der Waals surface area contributed by atoms with E-state index in [1.165, 1.54) is 11.3 Å². The minimum absolute atomic E-state index is 0.152. The molecule has 1 amide bonds. The fourth-order valence-electron chi connectivity index (χ4n) is 2.64. The van der Waals surface area contributed by atoms with E-state index in [1.54, 1.807) is 0 Å². The molecule has 6 heteroatoms. The van der Waals surface area contributed by atoms with E-state index in [0.717, 1.165) is 27.2 Å². The highest BCUT2D eigenvalue weighted by atomic mass is 35.5. The van der Waals surface area contributed by atoms with Crippen LogP contribution in [0.5, 0.6) is 0 Å². The number of carbonyl (C=O) groups is 1. The zero-order valence-corrected chi connectivity index (χ0v) is 14.9. The maximum atomic E-state index is 12.6. The molecular formula is C19H14ClN3OS. The SMILES string of the molecule is Cc1nc(-c2ccc(Cl)cc2)sc1C(=O)Nc1ccc2cc[nH]c2c1. The molecule has 0 bridgehead atoms. The van der Waals surface area contributed by atoms with Gasteiger partial charge in [-0.2, -0.15) is 0 Å². The number of anilines is 1. The summed E-state index contributed by atoms with van der Waals surface area (Å²) in [6, 6.07) is 15.2. The van der Waals surface area contributed by atoms with Crippen molar-refractivity contribution in [2.45, 2.75) is 6.92 Å². The average molecular weight is 368 g/mol. The summed E-state index contributed by atoms with van der Waals surface area (Å²) in [7, 11) is 0. The van der Waals surface area contributed by atoms with Gasteiger partial charge in [0.1, 0.15) is 9.88 Å². The molecule has 4 rings (SSSR count). The average Bonchev–Trinajstić information content (AvgIpc) is 3.21. The Labute approximate surface area is 153 Å². The van der Waals surface area contributed by atoms with Crippen LogP contribution in [0.1, 0.15) is 15.4 Å². The van der Waals surface area contributed by atoms with Gasteiger partial charge in [0.15, 0.2) is 0 Å². The summed E-state index contributed by atoms with van der Waals surface area (Å²) in [5, 5.41) is 5.53. The lowest BCUT2D eigenvalue weighted by molar-refractivity contribution is 0.103. The van der Waals surface area contributed by atoms with E-state index in [1.807, 2.05) is 61.7 Å². The Morgan fingerprint density at radius 2 is 1.96 bits per heavy atom. The molecule has 0 atom stereocenters. The van der Waals surface area contributed by atoms with Crippen LogP contribution in [0.25, 0.3) is 21.5 Å². The molecule has 0 radical (unpaired) electrons. The van der Waals surface area contributed by atoms with Crippen LogP contribution in [0.15, 0.2) is 54.7 Å². The first-order valence-electron chi connectivity index (χ1n) is 7.72. The molecule has 0 spiro atoms. The Bertz CT molecular complexity index is 1070. The fraction of sp³-hybridized carbons (Fsp3) is 0.0526. The summed E-state index contributed by atoms with van der Waals surface area (Å²) < 4.78 is 0. The van der Waals surface area contributed by atoms with E-state index in [4.69, 9.17) is 11.6 Å². The van der Waals surface area contributed by atoms with Crippen LogP contribution in [-0.4, -0.2) is 15.9 Å². The van der Waals surface area contributed by atoms with Gasteiger partial charge in [0.05, 0.1) is 5.69 Å². The first-order chi connectivity index (χ1) is 12.1. The monoisotopic (exact) mass is 367 g/mol. The van der Waals surface area contributed by atoms with Crippen molar-refractivity contribution in [3.8, 4) is 10.6 Å². The van der Waals surface area contributed by atoms with E-state index in [9.17, 15) is 4.79 Å². The minimum Gasteiger partial charge on any atom is -0.361 e. The van der Waals surface area contributed by atoms with Gasteiger partial charge in [-0.15, -0.1) is 11.3 Å². The molecule has 2 aromatic carbocycles. The second kappa shape index (κ2) is 6.35. The van der Waals surface area contributed by atoms with Gasteiger partial charge in [0, 0.05) is 28.0 Å². The second-order valence-electron chi connectivity index (χ2n) is 5.67. The van der Waals surface area contributed by atoms with E-state index in [0.29, 0.717) is 15.6 Å². The highest BCUT2D eigenvalue weighted by molar-refractivity contribution is 7.17. The molecular weight excluding hydrogens is 354 g/mol. The standard InChI is InChI=1S/C19H14ClN3OS/c1-11-17(25-19(22-11)13-2-5-14(20)6-3-13)18(24)23-15-7-4-12-8-9-21-16(12)10-15/h2-10,21H,1H3,(H,23,24). The predicted octanol–water partition coefficient (Wildman–Crippen LogP) is 5.51. The molecule has 4 aromatic rings. The van der Waals surface area contributed by atoms with Crippen molar-refractivity contribution < 1.29 is 4.79 Å². The number of aromatic nitrogens is 2. The van der Waals surface area contributed by atoms with Gasteiger partial charge < -0.3 is 10.3 Å². The Hall–Kier alpha value is -2.63. The van der Waals surface area contributed by atoms with Crippen LogP contribution in [0, 0.1) is 6.92 Å². The van der Waals surface area contributed by atoms with Crippen molar-refractivity contribution in [3.63, 3.8) is 0 Å². The molecule has 124 valence electrons. The van der Waals surface area contributed by atoms with Crippen LogP contribution < -0.4 is 5.32 Å². The highest BCUT2D eigenvalue weighted by Crippen LogP contribution is 2.29. The molecule has 0 aliphatic carbocycles. The topological polar surface area (TPSA) is 57.8 Å². The van der Waals surface area contributed by atoms with Crippen LogP contribution >= 0.6 is 22.9 Å². The van der Waals surface area contributed by atoms with E-state index in [-0.39, 0.29) is 5.91 Å². The minimum atomic E-state index is -0.152. The number of benzene rings is 2. The Morgan fingerprint density at radius 1 is 1.16 bits per heavy atom. The van der Waals surface area contributed by atoms with E-state index < -0.39 is 0 Å². The van der Waals surface area contributed by atoms with Gasteiger partial charge in [-0.05, 0) is 42.6 Å². The van der Waals surface area contributed by atoms with Gasteiger partial charge in [-0.1, -0.05) is 29.8 Å². The number of aromatic amines is 1. The van der Waals surface area contributed by atoms with Crippen molar-refractivity contribution >= 4 is 45.4 Å². The van der Waals surface area contributed by atoms with Crippen LogP contribution in [0.4, 0.5) is 5.69 Å². The Balaban J connectivity index is 1.60. The van der Waals surface area contributed by atoms with Gasteiger partial charge in [0.25, 0.3) is 5.91 Å². The van der Waals surface area contributed by atoms with Crippen molar-refractivity contribution in [3.05, 3.63) is 70.3 Å². The fourth-order valence-corrected chi connectivity index (χ4v) is 3.73. The summed E-state index contributed by atoms with van der Waals surface area (Å²) in [6.45, 7) is 1.85. The van der Waals surface area contributed by atoms with Gasteiger partial charge in [-0.25, -0.2) is 4.98 Å². The lowest BCUT2D eigenvalue weighted by Crippen LogP contribution is -2.11. The predicted molar refractivity (Wildman–Crippen MR) is 104 cm³/mol. The smallest absolute Gasteiger partial charge is 0.267 e. The number of H-pyrrole nitrogens is 1. The molecule has 0 aliphatic heterocycles. The summed E-state index contributed by atoms with van der Waals surface area (Å²) >= 11 is 7.30. The van der Waals surface area contributed by atoms with Crippen LogP contribution in [0.2, 0.25) is 5.02 Å². The lowest BCUT2D eigenvalue weighted by atomic mass is 10.2. The molecule has 0 saturated heterocycles. The molecule has 0 unspecified atom stereocenters. The number of fused-ring (bicyclic) bond motifs is 1. The van der Waals surface area contributed by atoms with Gasteiger partial charge >= 0.3 is 0 Å². The molecule has 4 nitrogen and oxygen atoms in total. The molecule has 0 aliphatic rings. The normalized spacial score (nSPS) is 11.0. The summed E-state index contributed by atoms with van der Waals surface area (Å²) in [5.74, 6) is -0.152. The number of rotatable bonds is 3. The largest absolute Gasteiger partial charge is 0.361 e. The number of nitrogens with one attached hydrogen (secondary N) is 2. The zero-order chi connectivity index (χ0) is 17.4. The number of amides is 1. The summed E-state index contributed by atoms with van der Waals surface area (Å²) in [6.07, 6.45) is 1.88. The van der Waals surface area contributed by atoms with Crippen molar-refractivity contribution in [1.82, 2.24) is 9.97 Å². The molecule has 25 heavy (non-hydrogen) atoms. The summed E-state index contributed by atoms with van der Waals surface area (Å²) in [4.78, 5) is 20.9. The second-order valence-corrected chi connectivity index (χ2v) is 7.11. The van der Waals surface area contributed by atoms with Gasteiger partial charge in [0.2, 0.25) is 0 Å². The maximum Gasteiger partial charge on any atom is 0.267 e. The number of aryl methyl sites for hydroxylation is 1. The number of halogens is 1. The third-order valence-corrected chi connectivity index (χ3v) is 5.36. The number of hydrogen-bond donors (Lipinski definition) is 2. The number of nitrogens with zero attached hydrogens (tertiary/aromatic N) is 1. The first kappa shape index (κ1) is 15.9. The van der Waals surface area contributed by atoms with Gasteiger partial charge in [-0.3, -0.25) is 4.79 Å². The van der Waals surface area contributed by atoms with E-state index >= 15 is 0 Å². The van der Waals surface area contributed by atoms with Crippen molar-refractivity contribution in [2.75, 3.05) is 5.32 Å². The van der Waals surface area contributed by atoms with Crippen molar-refractivity contribution in [1.29, 1.82) is 0 Å². The molecule has 0 fully saturated rings. The third-order valence-electron chi connectivity index (χ3n) is 3.91. The van der Waals surface area contributed by atoms with Crippen LogP contribution in [-0.2, 0) is 0 Å². The van der Waals surface area contributed by atoms with Crippen molar-refractivity contribution in [2.24, 2.45) is 0 Å². The Kier molecular flexibility index (Phi) is 4.03. The number of carbonyl (C=O) groups excluding carboxylic acids is 1. The first-order valence-corrected chi connectivity index (χ1v) is 8.91. The molecule has 2 heterocycles. The highest BCUT2D eigenvalue weighted by Gasteiger charge is 2.16. The van der Waals surface area contributed by atoms with E-state index in [2.05, 4.69) is 15.3 Å².